The number of aromatic nitrogens is 3. The van der Waals surface area contributed by atoms with Crippen LogP contribution in [0.4, 0.5) is 5.69 Å². The molecule has 0 aliphatic carbocycles. The molecule has 1 amide bonds. The van der Waals surface area contributed by atoms with Crippen molar-refractivity contribution in [1.29, 1.82) is 0 Å². The van der Waals surface area contributed by atoms with Gasteiger partial charge in [0.05, 0.1) is 16.5 Å². The Morgan fingerprint density at radius 3 is 2.70 bits per heavy atom. The van der Waals surface area contributed by atoms with Crippen LogP contribution in [-0.4, -0.2) is 26.5 Å². The van der Waals surface area contributed by atoms with E-state index >= 15 is 0 Å². The van der Waals surface area contributed by atoms with Crippen molar-refractivity contribution in [3.8, 4) is 0 Å². The minimum absolute atomic E-state index is 0.159. The molecule has 0 saturated heterocycles. The van der Waals surface area contributed by atoms with Crippen LogP contribution in [0.25, 0.3) is 0 Å². The molecule has 0 spiro atoms. The summed E-state index contributed by atoms with van der Waals surface area (Å²) in [5.74, 6) is 6.61. The number of nitrogen functional groups attached to an aromatic ring is 1. The van der Waals surface area contributed by atoms with Gasteiger partial charge in [-0.05, 0) is 18.2 Å². The van der Waals surface area contributed by atoms with Crippen LogP contribution in [0.1, 0.15) is 26.6 Å². The molecule has 124 valence electrons. The Labute approximate surface area is 152 Å². The van der Waals surface area contributed by atoms with E-state index in [4.69, 9.17) is 17.4 Å². The SMILES string of the molecule is CC(C)(C)c1nnc(SCC(=O)Nc2ccc(Br)cc2Cl)n1N. The normalized spacial score (nSPS) is 11.5. The molecule has 0 atom stereocenters. The van der Waals surface area contributed by atoms with Crippen molar-refractivity contribution in [3.63, 3.8) is 0 Å². The summed E-state index contributed by atoms with van der Waals surface area (Å²) in [7, 11) is 0. The number of carbonyl (C=O) groups is 1. The molecular weight excluding hydrogens is 402 g/mol. The van der Waals surface area contributed by atoms with E-state index in [-0.39, 0.29) is 17.1 Å². The van der Waals surface area contributed by atoms with E-state index in [1.54, 1.807) is 18.2 Å². The number of thioether (sulfide) groups is 1. The number of anilines is 1. The van der Waals surface area contributed by atoms with E-state index in [0.717, 1.165) is 4.47 Å². The summed E-state index contributed by atoms with van der Waals surface area (Å²) in [5, 5.41) is 11.8. The van der Waals surface area contributed by atoms with E-state index in [2.05, 4.69) is 31.4 Å². The van der Waals surface area contributed by atoms with Gasteiger partial charge in [-0.25, -0.2) is 4.68 Å². The van der Waals surface area contributed by atoms with E-state index < -0.39 is 0 Å². The number of amides is 1. The first-order valence-corrected chi connectivity index (χ1v) is 8.93. The third kappa shape index (κ3) is 4.62. The molecule has 6 nitrogen and oxygen atoms in total. The van der Waals surface area contributed by atoms with Crippen LogP contribution in [-0.2, 0) is 10.2 Å². The molecule has 0 unspecified atom stereocenters. The summed E-state index contributed by atoms with van der Waals surface area (Å²) in [4.78, 5) is 12.0. The summed E-state index contributed by atoms with van der Waals surface area (Å²) in [6.45, 7) is 5.99. The third-order valence-electron chi connectivity index (χ3n) is 2.87. The van der Waals surface area contributed by atoms with Crippen molar-refractivity contribution in [2.75, 3.05) is 16.9 Å². The topological polar surface area (TPSA) is 85.8 Å². The number of benzene rings is 1. The summed E-state index contributed by atoms with van der Waals surface area (Å²) in [6.07, 6.45) is 0. The number of halogens is 2. The molecule has 0 radical (unpaired) electrons. The fourth-order valence-corrected chi connectivity index (χ4v) is 3.17. The molecule has 0 aliphatic rings. The molecule has 0 aliphatic heterocycles. The summed E-state index contributed by atoms with van der Waals surface area (Å²) in [5.41, 5.74) is 0.346. The van der Waals surface area contributed by atoms with Gasteiger partial charge in [-0.2, -0.15) is 0 Å². The first-order valence-electron chi connectivity index (χ1n) is 6.77. The van der Waals surface area contributed by atoms with Crippen molar-refractivity contribution in [1.82, 2.24) is 14.9 Å². The second-order valence-corrected chi connectivity index (χ2v) is 8.15. The second-order valence-electron chi connectivity index (χ2n) is 5.89. The largest absolute Gasteiger partial charge is 0.336 e. The zero-order valence-corrected chi connectivity index (χ0v) is 16.1. The number of nitrogens with one attached hydrogen (secondary N) is 1. The zero-order chi connectivity index (χ0) is 17.2. The van der Waals surface area contributed by atoms with Gasteiger partial charge in [-0.3, -0.25) is 4.79 Å². The minimum atomic E-state index is -0.215. The minimum Gasteiger partial charge on any atom is -0.336 e. The van der Waals surface area contributed by atoms with Gasteiger partial charge in [0.15, 0.2) is 5.82 Å². The highest BCUT2D eigenvalue weighted by Gasteiger charge is 2.23. The van der Waals surface area contributed by atoms with Crippen LogP contribution in [0.2, 0.25) is 5.02 Å². The van der Waals surface area contributed by atoms with Gasteiger partial charge in [-0.1, -0.05) is 60.1 Å². The molecule has 0 fully saturated rings. The number of hydrogen-bond acceptors (Lipinski definition) is 5. The molecule has 3 N–H and O–H groups in total. The number of nitrogens with zero attached hydrogens (tertiary/aromatic N) is 3. The van der Waals surface area contributed by atoms with Crippen LogP contribution in [0.5, 0.6) is 0 Å². The monoisotopic (exact) mass is 417 g/mol. The molecule has 2 aromatic rings. The molecule has 0 saturated carbocycles. The first-order chi connectivity index (χ1) is 10.7. The quantitative estimate of drug-likeness (QED) is 0.587. The van der Waals surface area contributed by atoms with Crippen LogP contribution in [0.3, 0.4) is 0 Å². The van der Waals surface area contributed by atoms with Crippen LogP contribution < -0.4 is 11.2 Å². The Morgan fingerprint density at radius 1 is 1.43 bits per heavy atom. The van der Waals surface area contributed by atoms with Gasteiger partial charge < -0.3 is 11.2 Å². The number of carbonyl (C=O) groups excluding carboxylic acids is 1. The van der Waals surface area contributed by atoms with Crippen molar-refractivity contribution in [3.05, 3.63) is 33.5 Å². The Balaban J connectivity index is 1.98. The highest BCUT2D eigenvalue weighted by molar-refractivity contribution is 9.10. The lowest BCUT2D eigenvalue weighted by Crippen LogP contribution is -2.24. The Kier molecular flexibility index (Phi) is 5.59. The van der Waals surface area contributed by atoms with Gasteiger partial charge in [0.25, 0.3) is 0 Å². The average molecular weight is 419 g/mol. The molecular formula is C14H17BrClN5OS. The number of hydrogen-bond donors (Lipinski definition) is 2. The maximum absolute atomic E-state index is 12.0. The van der Waals surface area contributed by atoms with Crippen molar-refractivity contribution in [2.24, 2.45) is 0 Å². The first kappa shape index (κ1) is 18.1. The maximum atomic E-state index is 12.0. The zero-order valence-electron chi connectivity index (χ0n) is 12.9. The lowest BCUT2D eigenvalue weighted by molar-refractivity contribution is -0.113. The predicted octanol–water partition coefficient (Wildman–Crippen LogP) is 3.44. The molecule has 1 heterocycles. The lowest BCUT2D eigenvalue weighted by atomic mass is 9.96. The standard InChI is InChI=1S/C14H17BrClN5OS/c1-14(2,3)12-19-20-13(21(12)17)23-7-11(22)18-10-5-4-8(15)6-9(10)16/h4-6H,7,17H2,1-3H3,(H,18,22). The smallest absolute Gasteiger partial charge is 0.234 e. The summed E-state index contributed by atoms with van der Waals surface area (Å²) >= 11 is 10.6. The summed E-state index contributed by atoms with van der Waals surface area (Å²) in [6, 6.07) is 5.26. The molecule has 2 rings (SSSR count). The Hall–Kier alpha value is -1.25. The van der Waals surface area contributed by atoms with Crippen LogP contribution in [0, 0.1) is 0 Å². The van der Waals surface area contributed by atoms with Crippen molar-refractivity contribution in [2.45, 2.75) is 31.3 Å². The second kappa shape index (κ2) is 7.11. The Bertz CT molecular complexity index is 728. The molecule has 23 heavy (non-hydrogen) atoms. The fraction of sp³-hybridized carbons (Fsp3) is 0.357. The van der Waals surface area contributed by atoms with Crippen molar-refractivity contribution >= 4 is 50.9 Å². The van der Waals surface area contributed by atoms with E-state index in [0.29, 0.717) is 21.7 Å². The van der Waals surface area contributed by atoms with Crippen LogP contribution >= 0.6 is 39.3 Å². The number of rotatable bonds is 4. The molecule has 1 aromatic heterocycles. The fourth-order valence-electron chi connectivity index (χ4n) is 1.79. The van der Waals surface area contributed by atoms with E-state index in [9.17, 15) is 4.79 Å². The average Bonchev–Trinajstić information content (AvgIpc) is 2.81. The molecule has 1 aromatic carbocycles. The van der Waals surface area contributed by atoms with Gasteiger partial charge >= 0.3 is 0 Å². The van der Waals surface area contributed by atoms with Gasteiger partial charge in [0.1, 0.15) is 0 Å². The van der Waals surface area contributed by atoms with E-state index in [1.165, 1.54) is 16.4 Å². The third-order valence-corrected chi connectivity index (χ3v) is 4.62. The lowest BCUT2D eigenvalue weighted by Gasteiger charge is -2.16. The van der Waals surface area contributed by atoms with Crippen LogP contribution in [0.15, 0.2) is 27.8 Å². The number of nitrogens with two attached hydrogens (primary N) is 1. The van der Waals surface area contributed by atoms with Gasteiger partial charge in [-0.15, -0.1) is 10.2 Å². The summed E-state index contributed by atoms with van der Waals surface area (Å²) < 4.78 is 2.27. The predicted molar refractivity (Wildman–Crippen MR) is 97.4 cm³/mol. The van der Waals surface area contributed by atoms with Gasteiger partial charge in [0, 0.05) is 9.89 Å². The van der Waals surface area contributed by atoms with Crippen molar-refractivity contribution < 1.29 is 4.79 Å². The Morgan fingerprint density at radius 2 is 2.13 bits per heavy atom. The highest BCUT2D eigenvalue weighted by atomic mass is 79.9. The maximum Gasteiger partial charge on any atom is 0.234 e. The highest BCUT2D eigenvalue weighted by Crippen LogP contribution is 2.26. The van der Waals surface area contributed by atoms with Gasteiger partial charge in [0.2, 0.25) is 11.1 Å². The van der Waals surface area contributed by atoms with E-state index in [1.807, 2.05) is 20.8 Å². The molecule has 9 heteroatoms. The molecule has 0 bridgehead atoms.